The highest BCUT2D eigenvalue weighted by Gasteiger charge is 2.51. The maximum Gasteiger partial charge on any atom is 0.417 e. The van der Waals surface area contributed by atoms with Gasteiger partial charge >= 0.3 is 6.18 Å². The molecule has 0 bridgehead atoms. The van der Waals surface area contributed by atoms with Crippen LogP contribution in [0.5, 0.6) is 5.75 Å². The van der Waals surface area contributed by atoms with Crippen molar-refractivity contribution in [2.24, 2.45) is 0 Å². The fourth-order valence-corrected chi connectivity index (χ4v) is 2.77. The second kappa shape index (κ2) is 7.79. The van der Waals surface area contributed by atoms with E-state index in [1.54, 1.807) is 0 Å². The molecule has 26 heavy (non-hydrogen) atoms. The Balaban J connectivity index is 1.91. The first kappa shape index (κ1) is 20.4. The van der Waals surface area contributed by atoms with Crippen LogP contribution in [0.4, 0.5) is 17.6 Å². The molecule has 1 aromatic rings. The standard InChI is InChI=1S/C17H22F4N2O3/c1-16(25,17(19,20)21)10-15(24)23-7-5-22(6-8-23)11-12-9-13(18)3-4-14(12)26-2/h3-4,9,25H,5-8,10-11H2,1-2H3/t16-/m1/s1. The molecule has 1 saturated heterocycles. The minimum absolute atomic E-state index is 0.240. The third-order valence-corrected chi connectivity index (χ3v) is 4.47. The average molecular weight is 378 g/mol. The third kappa shape index (κ3) is 4.85. The Hall–Kier alpha value is -1.87. The van der Waals surface area contributed by atoms with E-state index in [2.05, 4.69) is 0 Å². The van der Waals surface area contributed by atoms with Gasteiger partial charge in [-0.1, -0.05) is 0 Å². The number of piperazine rings is 1. The lowest BCUT2D eigenvalue weighted by Crippen LogP contribution is -2.52. The highest BCUT2D eigenvalue weighted by atomic mass is 19.4. The van der Waals surface area contributed by atoms with Gasteiger partial charge in [0.05, 0.1) is 13.5 Å². The van der Waals surface area contributed by atoms with Crippen molar-refractivity contribution >= 4 is 5.91 Å². The van der Waals surface area contributed by atoms with Crippen molar-refractivity contribution in [1.29, 1.82) is 0 Å². The largest absolute Gasteiger partial charge is 0.496 e. The van der Waals surface area contributed by atoms with Crippen LogP contribution in [-0.2, 0) is 11.3 Å². The number of benzene rings is 1. The van der Waals surface area contributed by atoms with Gasteiger partial charge in [0.2, 0.25) is 5.91 Å². The summed E-state index contributed by atoms with van der Waals surface area (Å²) in [5, 5.41) is 9.45. The third-order valence-electron chi connectivity index (χ3n) is 4.47. The molecule has 9 heteroatoms. The number of carbonyl (C=O) groups excluding carboxylic acids is 1. The van der Waals surface area contributed by atoms with E-state index in [4.69, 9.17) is 4.74 Å². The molecule has 146 valence electrons. The van der Waals surface area contributed by atoms with Crippen LogP contribution in [0.2, 0.25) is 0 Å². The molecule has 2 rings (SSSR count). The molecule has 0 saturated carbocycles. The van der Waals surface area contributed by atoms with Crippen LogP contribution in [0.15, 0.2) is 18.2 Å². The molecule has 0 aromatic heterocycles. The topological polar surface area (TPSA) is 53.0 Å². The van der Waals surface area contributed by atoms with Gasteiger partial charge in [-0.3, -0.25) is 9.69 Å². The summed E-state index contributed by atoms with van der Waals surface area (Å²) in [6.45, 7) is 2.34. The van der Waals surface area contributed by atoms with E-state index in [0.29, 0.717) is 37.9 Å². The number of halogens is 4. The quantitative estimate of drug-likeness (QED) is 0.798. The summed E-state index contributed by atoms with van der Waals surface area (Å²) < 4.78 is 56.7. The predicted molar refractivity (Wildman–Crippen MR) is 86.1 cm³/mol. The average Bonchev–Trinajstić information content (AvgIpc) is 2.54. The first-order valence-corrected chi connectivity index (χ1v) is 8.15. The fraction of sp³-hybridized carbons (Fsp3) is 0.588. The van der Waals surface area contributed by atoms with Gasteiger partial charge in [-0.25, -0.2) is 4.39 Å². The van der Waals surface area contributed by atoms with E-state index < -0.39 is 24.1 Å². The van der Waals surface area contributed by atoms with Crippen molar-refractivity contribution in [2.75, 3.05) is 33.3 Å². The summed E-state index contributed by atoms with van der Waals surface area (Å²) in [6, 6.07) is 4.20. The number of hydrogen-bond acceptors (Lipinski definition) is 4. The van der Waals surface area contributed by atoms with Crippen LogP contribution < -0.4 is 4.74 Å². The van der Waals surface area contributed by atoms with Gasteiger partial charge in [0.15, 0.2) is 5.60 Å². The molecule has 0 unspecified atom stereocenters. The van der Waals surface area contributed by atoms with Crippen molar-refractivity contribution < 1.29 is 32.2 Å². The summed E-state index contributed by atoms with van der Waals surface area (Å²) in [6.07, 6.45) is -5.87. The highest BCUT2D eigenvalue weighted by molar-refractivity contribution is 5.77. The summed E-state index contributed by atoms with van der Waals surface area (Å²) in [5.74, 6) is -0.578. The van der Waals surface area contributed by atoms with Crippen LogP contribution in [0.25, 0.3) is 0 Å². The Kier molecular flexibility index (Phi) is 6.13. The van der Waals surface area contributed by atoms with E-state index in [0.717, 1.165) is 0 Å². The van der Waals surface area contributed by atoms with Gasteiger partial charge in [0.25, 0.3) is 0 Å². The van der Waals surface area contributed by atoms with Crippen LogP contribution in [-0.4, -0.2) is 65.9 Å². The molecular weight excluding hydrogens is 356 g/mol. The van der Waals surface area contributed by atoms with Gasteiger partial charge in [-0.05, 0) is 25.1 Å². The van der Waals surface area contributed by atoms with Gasteiger partial charge in [-0.2, -0.15) is 13.2 Å². The van der Waals surface area contributed by atoms with Gasteiger partial charge in [-0.15, -0.1) is 0 Å². The van der Waals surface area contributed by atoms with E-state index in [1.807, 2.05) is 4.90 Å². The Labute approximate surface area is 149 Å². The number of methoxy groups -OCH3 is 1. The summed E-state index contributed by atoms with van der Waals surface area (Å²) >= 11 is 0. The number of ether oxygens (including phenoxy) is 1. The van der Waals surface area contributed by atoms with Crippen molar-refractivity contribution in [3.05, 3.63) is 29.6 Å². The number of hydrogen-bond donors (Lipinski definition) is 1. The highest BCUT2D eigenvalue weighted by Crippen LogP contribution is 2.33. The maximum atomic E-state index is 13.4. The van der Waals surface area contributed by atoms with Gasteiger partial charge in [0, 0.05) is 38.3 Å². The minimum atomic E-state index is -4.86. The van der Waals surface area contributed by atoms with E-state index >= 15 is 0 Å². The number of nitrogens with zero attached hydrogens (tertiary/aromatic N) is 2. The molecular formula is C17H22F4N2O3. The molecule has 1 amide bonds. The first-order chi connectivity index (χ1) is 12.0. The monoisotopic (exact) mass is 378 g/mol. The zero-order valence-corrected chi connectivity index (χ0v) is 14.6. The van der Waals surface area contributed by atoms with E-state index in [-0.39, 0.29) is 18.9 Å². The predicted octanol–water partition coefficient (Wildman–Crippen LogP) is 2.18. The van der Waals surface area contributed by atoms with E-state index in [9.17, 15) is 27.5 Å². The Morgan fingerprint density at radius 3 is 2.38 bits per heavy atom. The minimum Gasteiger partial charge on any atom is -0.496 e. The molecule has 1 N–H and O–H groups in total. The molecule has 1 aromatic carbocycles. The number of amides is 1. The van der Waals surface area contributed by atoms with Crippen LogP contribution in [0.3, 0.4) is 0 Å². The molecule has 1 heterocycles. The fourth-order valence-electron chi connectivity index (χ4n) is 2.77. The zero-order chi connectivity index (χ0) is 19.5. The number of rotatable bonds is 5. The lowest BCUT2D eigenvalue weighted by atomic mass is 10.0. The molecule has 0 spiro atoms. The molecule has 1 atom stereocenters. The van der Waals surface area contributed by atoms with Crippen molar-refractivity contribution in [3.63, 3.8) is 0 Å². The van der Waals surface area contributed by atoms with Crippen LogP contribution >= 0.6 is 0 Å². The van der Waals surface area contributed by atoms with Gasteiger partial charge in [0.1, 0.15) is 11.6 Å². The van der Waals surface area contributed by atoms with Crippen LogP contribution in [0.1, 0.15) is 18.9 Å². The number of carbonyl (C=O) groups is 1. The number of alkyl halides is 3. The summed E-state index contributed by atoms with van der Waals surface area (Å²) in [4.78, 5) is 15.3. The van der Waals surface area contributed by atoms with Crippen molar-refractivity contribution in [1.82, 2.24) is 9.80 Å². The molecule has 0 radical (unpaired) electrons. The van der Waals surface area contributed by atoms with Crippen molar-refractivity contribution in [3.8, 4) is 5.75 Å². The van der Waals surface area contributed by atoms with E-state index in [1.165, 1.54) is 30.2 Å². The van der Waals surface area contributed by atoms with Gasteiger partial charge < -0.3 is 14.7 Å². The molecule has 0 aliphatic carbocycles. The Morgan fingerprint density at radius 1 is 1.23 bits per heavy atom. The second-order valence-corrected chi connectivity index (χ2v) is 6.56. The van der Waals surface area contributed by atoms with Crippen LogP contribution in [0, 0.1) is 5.82 Å². The normalized spacial score (nSPS) is 18.5. The number of aliphatic hydroxyl groups is 1. The Bertz CT molecular complexity index is 641. The summed E-state index contributed by atoms with van der Waals surface area (Å²) in [5.41, 5.74) is -2.39. The summed E-state index contributed by atoms with van der Waals surface area (Å²) in [7, 11) is 1.49. The first-order valence-electron chi connectivity index (χ1n) is 8.15. The van der Waals surface area contributed by atoms with Crippen molar-refractivity contribution in [2.45, 2.75) is 31.7 Å². The SMILES string of the molecule is COc1ccc(F)cc1CN1CCN(C(=O)C[C@@](C)(O)C(F)(F)F)CC1. The lowest BCUT2D eigenvalue weighted by molar-refractivity contribution is -0.254. The maximum absolute atomic E-state index is 13.4. The molecule has 1 fully saturated rings. The second-order valence-electron chi connectivity index (χ2n) is 6.56. The Morgan fingerprint density at radius 2 is 1.85 bits per heavy atom. The smallest absolute Gasteiger partial charge is 0.417 e. The molecule has 1 aliphatic rings. The molecule has 5 nitrogen and oxygen atoms in total. The lowest BCUT2D eigenvalue weighted by Gasteiger charge is -2.36. The zero-order valence-electron chi connectivity index (χ0n) is 14.6. The molecule has 1 aliphatic heterocycles.